The highest BCUT2D eigenvalue weighted by atomic mass is 35.5. The van der Waals surface area contributed by atoms with Crippen molar-refractivity contribution in [2.75, 3.05) is 18.5 Å². The first-order chi connectivity index (χ1) is 20.0. The van der Waals surface area contributed by atoms with Gasteiger partial charge in [0, 0.05) is 30.2 Å². The van der Waals surface area contributed by atoms with Crippen LogP contribution in [0.4, 0.5) is 5.69 Å². The zero-order chi connectivity index (χ0) is 28.2. The number of aromatic nitrogens is 2. The highest BCUT2D eigenvalue weighted by Gasteiger charge is 2.21. The SMILES string of the molecule is O=C1CCCN1CNc1cc(Cl)c(OCc2cccc(-c3ccccc3)c2Cl)cc1OCc1ccc2nonc2c1. The molecule has 1 aliphatic rings. The Morgan fingerprint density at radius 3 is 2.54 bits per heavy atom. The average molecular weight is 589 g/mol. The van der Waals surface area contributed by atoms with E-state index in [0.29, 0.717) is 57.9 Å². The molecule has 208 valence electrons. The monoisotopic (exact) mass is 588 g/mol. The largest absolute Gasteiger partial charge is 0.487 e. The van der Waals surface area contributed by atoms with Crippen LogP contribution in [-0.4, -0.2) is 34.3 Å². The molecular formula is C31H26Cl2N4O4. The summed E-state index contributed by atoms with van der Waals surface area (Å²) in [6.07, 6.45) is 1.41. The van der Waals surface area contributed by atoms with E-state index in [2.05, 4.69) is 15.6 Å². The second-order valence-corrected chi connectivity index (χ2v) is 10.5. The van der Waals surface area contributed by atoms with E-state index < -0.39 is 0 Å². The van der Waals surface area contributed by atoms with E-state index in [1.807, 2.05) is 66.7 Å². The predicted molar refractivity (Wildman–Crippen MR) is 158 cm³/mol. The number of nitrogens with one attached hydrogen (secondary N) is 1. The topological polar surface area (TPSA) is 89.7 Å². The van der Waals surface area contributed by atoms with Gasteiger partial charge in [-0.25, -0.2) is 4.63 Å². The van der Waals surface area contributed by atoms with Crippen molar-refractivity contribution in [3.63, 3.8) is 0 Å². The molecule has 5 aromatic rings. The standard InChI is InChI=1S/C31H26Cl2N4O4/c32-24-15-27(34-19-37-13-5-10-30(37)38)29(39-17-20-11-12-25-26(14-20)36-41-35-25)16-28(24)40-18-22-8-4-9-23(31(22)33)21-6-2-1-3-7-21/h1-4,6-9,11-12,14-16,34H,5,10,13,17-19H2. The third kappa shape index (κ3) is 6.09. The van der Waals surface area contributed by atoms with Crippen LogP contribution in [-0.2, 0) is 18.0 Å². The number of nitrogens with zero attached hydrogens (tertiary/aromatic N) is 3. The maximum Gasteiger partial charge on any atom is 0.224 e. The summed E-state index contributed by atoms with van der Waals surface area (Å²) in [5.74, 6) is 1.09. The first-order valence-electron chi connectivity index (χ1n) is 13.2. The van der Waals surface area contributed by atoms with Gasteiger partial charge in [-0.3, -0.25) is 4.79 Å². The van der Waals surface area contributed by atoms with Gasteiger partial charge in [-0.2, -0.15) is 0 Å². The van der Waals surface area contributed by atoms with Gasteiger partial charge in [-0.05, 0) is 46.1 Å². The lowest BCUT2D eigenvalue weighted by molar-refractivity contribution is -0.127. The fourth-order valence-electron chi connectivity index (χ4n) is 4.72. The zero-order valence-corrected chi connectivity index (χ0v) is 23.5. The molecule has 1 N–H and O–H groups in total. The van der Waals surface area contributed by atoms with Gasteiger partial charge in [0.25, 0.3) is 0 Å². The van der Waals surface area contributed by atoms with Crippen LogP contribution in [0.2, 0.25) is 10.0 Å². The number of rotatable bonds is 10. The Labute approximate surface area is 246 Å². The summed E-state index contributed by atoms with van der Waals surface area (Å²) in [7, 11) is 0. The summed E-state index contributed by atoms with van der Waals surface area (Å²) in [5.41, 5.74) is 5.63. The van der Waals surface area contributed by atoms with Crippen molar-refractivity contribution in [3.05, 3.63) is 100 Å². The highest BCUT2D eigenvalue weighted by molar-refractivity contribution is 6.34. The van der Waals surface area contributed by atoms with Gasteiger partial charge in [-0.15, -0.1) is 0 Å². The smallest absolute Gasteiger partial charge is 0.224 e. The number of ether oxygens (including phenoxy) is 2. The maximum atomic E-state index is 12.1. The molecule has 0 radical (unpaired) electrons. The average Bonchev–Trinajstić information content (AvgIpc) is 3.64. The quantitative estimate of drug-likeness (QED) is 0.182. The molecule has 0 bridgehead atoms. The van der Waals surface area contributed by atoms with E-state index in [1.54, 1.807) is 17.0 Å². The van der Waals surface area contributed by atoms with Crippen LogP contribution in [0.3, 0.4) is 0 Å². The molecule has 0 unspecified atom stereocenters. The Balaban J connectivity index is 1.23. The summed E-state index contributed by atoms with van der Waals surface area (Å²) in [4.78, 5) is 13.9. The fourth-order valence-corrected chi connectivity index (χ4v) is 5.23. The lowest BCUT2D eigenvalue weighted by Crippen LogP contribution is -2.30. The first kappa shape index (κ1) is 26.9. The second kappa shape index (κ2) is 12.1. The third-order valence-electron chi connectivity index (χ3n) is 6.93. The van der Waals surface area contributed by atoms with Crippen LogP contribution in [0, 0.1) is 0 Å². The molecule has 2 heterocycles. The molecule has 1 aromatic heterocycles. The van der Waals surface area contributed by atoms with Crippen LogP contribution in [0.25, 0.3) is 22.2 Å². The van der Waals surface area contributed by atoms with E-state index >= 15 is 0 Å². The molecule has 1 aliphatic heterocycles. The van der Waals surface area contributed by atoms with Crippen molar-refractivity contribution in [1.82, 2.24) is 15.2 Å². The van der Waals surface area contributed by atoms with Crippen molar-refractivity contribution < 1.29 is 18.9 Å². The Morgan fingerprint density at radius 2 is 1.71 bits per heavy atom. The van der Waals surface area contributed by atoms with Crippen molar-refractivity contribution in [2.45, 2.75) is 26.1 Å². The minimum absolute atomic E-state index is 0.121. The van der Waals surface area contributed by atoms with Crippen LogP contribution in [0.15, 0.2) is 83.5 Å². The molecule has 1 fully saturated rings. The van der Waals surface area contributed by atoms with E-state index in [1.165, 1.54) is 0 Å². The van der Waals surface area contributed by atoms with Gasteiger partial charge in [0.2, 0.25) is 5.91 Å². The molecule has 4 aromatic carbocycles. The number of fused-ring (bicyclic) bond motifs is 1. The molecular weight excluding hydrogens is 563 g/mol. The molecule has 0 spiro atoms. The first-order valence-corrected chi connectivity index (χ1v) is 14.0. The normalized spacial score (nSPS) is 13.1. The zero-order valence-electron chi connectivity index (χ0n) is 22.0. The van der Waals surface area contributed by atoms with Crippen molar-refractivity contribution >= 4 is 45.8 Å². The number of carbonyl (C=O) groups excluding carboxylic acids is 1. The fraction of sp³-hybridized carbons (Fsp3) is 0.194. The lowest BCUT2D eigenvalue weighted by Gasteiger charge is -2.20. The lowest BCUT2D eigenvalue weighted by atomic mass is 10.0. The highest BCUT2D eigenvalue weighted by Crippen LogP contribution is 2.38. The summed E-state index contributed by atoms with van der Waals surface area (Å²) in [6, 6.07) is 24.9. The molecule has 0 saturated carbocycles. The Morgan fingerprint density at radius 1 is 0.878 bits per heavy atom. The number of hydrogen-bond acceptors (Lipinski definition) is 7. The van der Waals surface area contributed by atoms with Crippen molar-refractivity contribution in [1.29, 1.82) is 0 Å². The van der Waals surface area contributed by atoms with E-state index in [-0.39, 0.29) is 19.1 Å². The van der Waals surface area contributed by atoms with Gasteiger partial charge in [0.15, 0.2) is 0 Å². The van der Waals surface area contributed by atoms with Gasteiger partial charge in [0.05, 0.1) is 22.4 Å². The van der Waals surface area contributed by atoms with E-state index in [4.69, 9.17) is 37.3 Å². The van der Waals surface area contributed by atoms with Crippen LogP contribution < -0.4 is 14.8 Å². The summed E-state index contributed by atoms with van der Waals surface area (Å²) in [6.45, 7) is 1.53. The van der Waals surface area contributed by atoms with E-state index in [0.717, 1.165) is 28.7 Å². The summed E-state index contributed by atoms with van der Waals surface area (Å²) in [5, 5.41) is 12.1. The molecule has 0 aliphatic carbocycles. The molecule has 41 heavy (non-hydrogen) atoms. The van der Waals surface area contributed by atoms with Gasteiger partial charge < -0.3 is 19.7 Å². The van der Waals surface area contributed by atoms with Crippen molar-refractivity contribution in [3.8, 4) is 22.6 Å². The van der Waals surface area contributed by atoms with Crippen LogP contribution >= 0.6 is 23.2 Å². The molecule has 10 heteroatoms. The number of carbonyl (C=O) groups is 1. The maximum absolute atomic E-state index is 12.1. The Hall–Kier alpha value is -4.27. The molecule has 8 nitrogen and oxygen atoms in total. The molecule has 0 atom stereocenters. The van der Waals surface area contributed by atoms with Crippen molar-refractivity contribution in [2.24, 2.45) is 0 Å². The van der Waals surface area contributed by atoms with E-state index in [9.17, 15) is 4.79 Å². The van der Waals surface area contributed by atoms with Crippen LogP contribution in [0.5, 0.6) is 11.5 Å². The number of anilines is 1. The Bertz CT molecular complexity index is 1690. The third-order valence-corrected chi connectivity index (χ3v) is 7.67. The summed E-state index contributed by atoms with van der Waals surface area (Å²) >= 11 is 13.4. The predicted octanol–water partition coefficient (Wildman–Crippen LogP) is 7.35. The Kier molecular flexibility index (Phi) is 7.93. The van der Waals surface area contributed by atoms with Gasteiger partial charge in [-0.1, -0.05) is 77.8 Å². The van der Waals surface area contributed by atoms with Gasteiger partial charge >= 0.3 is 0 Å². The number of benzene rings is 4. The second-order valence-electron chi connectivity index (χ2n) is 9.68. The summed E-state index contributed by atoms with van der Waals surface area (Å²) < 4.78 is 17.2. The minimum Gasteiger partial charge on any atom is -0.487 e. The molecule has 6 rings (SSSR count). The van der Waals surface area contributed by atoms with Gasteiger partial charge in [0.1, 0.15) is 35.7 Å². The number of halogens is 2. The van der Waals surface area contributed by atoms with Crippen LogP contribution in [0.1, 0.15) is 24.0 Å². The molecule has 1 saturated heterocycles. The number of likely N-dealkylation sites (tertiary alicyclic amines) is 1. The minimum atomic E-state index is 0.121. The molecule has 1 amide bonds. The number of amides is 1. The number of hydrogen-bond donors (Lipinski definition) is 1.